The van der Waals surface area contributed by atoms with E-state index < -0.39 is 0 Å². The van der Waals surface area contributed by atoms with Crippen molar-refractivity contribution in [3.8, 4) is 0 Å². The van der Waals surface area contributed by atoms with Crippen molar-refractivity contribution in [3.63, 3.8) is 0 Å². The van der Waals surface area contributed by atoms with Crippen molar-refractivity contribution in [1.82, 2.24) is 15.1 Å². The third-order valence-corrected chi connectivity index (χ3v) is 5.49. The van der Waals surface area contributed by atoms with Crippen molar-refractivity contribution in [3.05, 3.63) is 0 Å². The molecule has 1 N–H and O–H groups in total. The maximum absolute atomic E-state index is 3.41. The first-order chi connectivity index (χ1) is 9.20. The Balaban J connectivity index is 1.65. The average molecular weight is 267 g/mol. The number of nitrogens with one attached hydrogen (secondary N) is 1. The van der Waals surface area contributed by atoms with Crippen molar-refractivity contribution in [2.75, 3.05) is 40.3 Å². The van der Waals surface area contributed by atoms with E-state index >= 15 is 0 Å². The number of hydrogen-bond acceptors (Lipinski definition) is 3. The van der Waals surface area contributed by atoms with Gasteiger partial charge in [-0.25, -0.2) is 0 Å². The van der Waals surface area contributed by atoms with Crippen LogP contribution in [-0.4, -0.2) is 62.2 Å². The SMILES string of the molecule is CNC(C)C1CCN(CCC2CCCCN2C)CC1. The fourth-order valence-electron chi connectivity index (χ4n) is 3.75. The van der Waals surface area contributed by atoms with E-state index in [9.17, 15) is 0 Å². The van der Waals surface area contributed by atoms with Crippen LogP contribution in [0.25, 0.3) is 0 Å². The quantitative estimate of drug-likeness (QED) is 0.824. The Kier molecular flexibility index (Phi) is 6.11. The van der Waals surface area contributed by atoms with Crippen molar-refractivity contribution >= 4 is 0 Å². The fourth-order valence-corrected chi connectivity index (χ4v) is 3.75. The van der Waals surface area contributed by atoms with Crippen LogP contribution >= 0.6 is 0 Å². The molecular weight excluding hydrogens is 234 g/mol. The van der Waals surface area contributed by atoms with Gasteiger partial charge in [-0.1, -0.05) is 6.42 Å². The molecule has 2 atom stereocenters. The summed E-state index contributed by atoms with van der Waals surface area (Å²) in [6.07, 6.45) is 8.40. The first-order valence-electron chi connectivity index (χ1n) is 8.30. The molecule has 0 saturated carbocycles. The largest absolute Gasteiger partial charge is 0.317 e. The number of likely N-dealkylation sites (tertiary alicyclic amines) is 2. The van der Waals surface area contributed by atoms with Crippen LogP contribution in [0.3, 0.4) is 0 Å². The minimum atomic E-state index is 0.687. The minimum absolute atomic E-state index is 0.687. The molecule has 2 aliphatic rings. The number of hydrogen-bond donors (Lipinski definition) is 1. The molecule has 2 fully saturated rings. The third kappa shape index (κ3) is 4.44. The predicted octanol–water partition coefficient (Wildman–Crippen LogP) is 2.18. The molecule has 0 amide bonds. The van der Waals surface area contributed by atoms with Crippen LogP contribution in [0.1, 0.15) is 45.4 Å². The van der Waals surface area contributed by atoms with Gasteiger partial charge in [0.05, 0.1) is 0 Å². The van der Waals surface area contributed by atoms with E-state index in [1.54, 1.807) is 0 Å². The summed E-state index contributed by atoms with van der Waals surface area (Å²) in [5.74, 6) is 0.888. The summed E-state index contributed by atoms with van der Waals surface area (Å²) in [4.78, 5) is 5.28. The summed E-state index contributed by atoms with van der Waals surface area (Å²) < 4.78 is 0. The zero-order valence-corrected chi connectivity index (χ0v) is 13.2. The van der Waals surface area contributed by atoms with Gasteiger partial charge in [-0.15, -0.1) is 0 Å². The van der Waals surface area contributed by atoms with Crippen molar-refractivity contribution in [2.45, 2.75) is 57.5 Å². The molecule has 0 aromatic heterocycles. The van der Waals surface area contributed by atoms with E-state index in [-0.39, 0.29) is 0 Å². The summed E-state index contributed by atoms with van der Waals surface area (Å²) in [7, 11) is 4.40. The van der Waals surface area contributed by atoms with Crippen LogP contribution in [0.4, 0.5) is 0 Å². The van der Waals surface area contributed by atoms with E-state index in [1.165, 1.54) is 64.7 Å². The summed E-state index contributed by atoms with van der Waals surface area (Å²) in [6.45, 7) is 7.58. The second-order valence-corrected chi connectivity index (χ2v) is 6.68. The molecule has 3 heteroatoms. The summed E-state index contributed by atoms with van der Waals surface area (Å²) in [6, 6.07) is 1.54. The van der Waals surface area contributed by atoms with Crippen LogP contribution in [0, 0.1) is 5.92 Å². The Morgan fingerprint density at radius 1 is 1.11 bits per heavy atom. The Morgan fingerprint density at radius 3 is 2.47 bits per heavy atom. The topological polar surface area (TPSA) is 18.5 Å². The van der Waals surface area contributed by atoms with Crippen molar-refractivity contribution < 1.29 is 0 Å². The van der Waals surface area contributed by atoms with Gasteiger partial charge in [-0.3, -0.25) is 0 Å². The molecule has 2 rings (SSSR count). The van der Waals surface area contributed by atoms with E-state index in [4.69, 9.17) is 0 Å². The van der Waals surface area contributed by atoms with Gasteiger partial charge in [0, 0.05) is 12.1 Å². The van der Waals surface area contributed by atoms with Gasteiger partial charge in [-0.05, 0) is 85.2 Å². The summed E-state index contributed by atoms with van der Waals surface area (Å²) in [5, 5.41) is 3.41. The van der Waals surface area contributed by atoms with Gasteiger partial charge in [-0.2, -0.15) is 0 Å². The molecule has 19 heavy (non-hydrogen) atoms. The maximum Gasteiger partial charge on any atom is 0.0104 e. The number of nitrogens with zero attached hydrogens (tertiary/aromatic N) is 2. The Hall–Kier alpha value is -0.120. The molecule has 0 aromatic carbocycles. The van der Waals surface area contributed by atoms with Crippen molar-refractivity contribution in [1.29, 1.82) is 0 Å². The van der Waals surface area contributed by atoms with Gasteiger partial charge in [0.1, 0.15) is 0 Å². The van der Waals surface area contributed by atoms with Gasteiger partial charge < -0.3 is 15.1 Å². The van der Waals surface area contributed by atoms with Gasteiger partial charge in [0.15, 0.2) is 0 Å². The zero-order valence-electron chi connectivity index (χ0n) is 13.2. The second-order valence-electron chi connectivity index (χ2n) is 6.68. The summed E-state index contributed by atoms with van der Waals surface area (Å²) >= 11 is 0. The lowest BCUT2D eigenvalue weighted by atomic mass is 9.90. The summed E-state index contributed by atoms with van der Waals surface area (Å²) in [5.41, 5.74) is 0. The zero-order chi connectivity index (χ0) is 13.7. The fraction of sp³-hybridized carbons (Fsp3) is 1.00. The molecule has 0 bridgehead atoms. The molecule has 2 unspecified atom stereocenters. The number of piperidine rings is 2. The molecule has 0 aromatic rings. The first-order valence-corrected chi connectivity index (χ1v) is 8.30. The van der Waals surface area contributed by atoms with Gasteiger partial charge >= 0.3 is 0 Å². The van der Waals surface area contributed by atoms with E-state index in [0.29, 0.717) is 6.04 Å². The van der Waals surface area contributed by atoms with Crippen LogP contribution in [0.2, 0.25) is 0 Å². The van der Waals surface area contributed by atoms with Gasteiger partial charge in [0.2, 0.25) is 0 Å². The predicted molar refractivity (Wildman–Crippen MR) is 82.6 cm³/mol. The molecule has 0 aliphatic carbocycles. The molecular formula is C16H33N3. The first kappa shape index (κ1) is 15.3. The number of rotatable bonds is 5. The van der Waals surface area contributed by atoms with Crippen LogP contribution < -0.4 is 5.32 Å². The highest BCUT2D eigenvalue weighted by Gasteiger charge is 2.24. The third-order valence-electron chi connectivity index (χ3n) is 5.49. The van der Waals surface area contributed by atoms with Crippen LogP contribution in [0.5, 0.6) is 0 Å². The molecule has 0 spiro atoms. The maximum atomic E-state index is 3.41. The molecule has 2 saturated heterocycles. The van der Waals surface area contributed by atoms with E-state index in [0.717, 1.165) is 12.0 Å². The molecule has 2 aliphatic heterocycles. The molecule has 3 nitrogen and oxygen atoms in total. The highest BCUT2D eigenvalue weighted by molar-refractivity contribution is 4.81. The van der Waals surface area contributed by atoms with Gasteiger partial charge in [0.25, 0.3) is 0 Å². The van der Waals surface area contributed by atoms with Crippen LogP contribution in [-0.2, 0) is 0 Å². The standard InChI is InChI=1S/C16H33N3/c1-14(17-2)15-7-11-19(12-8-15)13-9-16-6-4-5-10-18(16)3/h14-17H,4-13H2,1-3H3. The average Bonchev–Trinajstić information content (AvgIpc) is 2.46. The van der Waals surface area contributed by atoms with E-state index in [1.807, 2.05) is 0 Å². The lowest BCUT2D eigenvalue weighted by molar-refractivity contribution is 0.127. The molecule has 2 heterocycles. The highest BCUT2D eigenvalue weighted by atomic mass is 15.2. The minimum Gasteiger partial charge on any atom is -0.317 e. The lowest BCUT2D eigenvalue weighted by Gasteiger charge is -2.37. The molecule has 0 radical (unpaired) electrons. The highest BCUT2D eigenvalue weighted by Crippen LogP contribution is 2.22. The van der Waals surface area contributed by atoms with Crippen molar-refractivity contribution in [2.24, 2.45) is 5.92 Å². The van der Waals surface area contributed by atoms with Crippen LogP contribution in [0.15, 0.2) is 0 Å². The monoisotopic (exact) mass is 267 g/mol. The second kappa shape index (κ2) is 7.61. The Morgan fingerprint density at radius 2 is 1.84 bits per heavy atom. The smallest absolute Gasteiger partial charge is 0.0104 e. The van der Waals surface area contributed by atoms with E-state index in [2.05, 4.69) is 36.1 Å². The normalized spacial score (nSPS) is 29.5. The lowest BCUT2D eigenvalue weighted by Crippen LogP contribution is -2.43. The Bertz CT molecular complexity index is 248. The Labute approximate surface area is 119 Å². The molecule has 112 valence electrons.